The predicted molar refractivity (Wildman–Crippen MR) is 71.6 cm³/mol. The lowest BCUT2D eigenvalue weighted by molar-refractivity contribution is 0.463. The Balaban J connectivity index is 1.97. The number of hydrogen-bond donors (Lipinski definition) is 1. The summed E-state index contributed by atoms with van der Waals surface area (Å²) in [4.78, 5) is 15.5. The van der Waals surface area contributed by atoms with Crippen LogP contribution in [0.4, 0.5) is 5.82 Å². The van der Waals surface area contributed by atoms with Gasteiger partial charge in [0.05, 0.1) is 0 Å². The molecule has 5 heteroatoms. The highest BCUT2D eigenvalue weighted by Crippen LogP contribution is 2.19. The van der Waals surface area contributed by atoms with Crippen LogP contribution >= 0.6 is 0 Å². The van der Waals surface area contributed by atoms with Crippen molar-refractivity contribution in [3.8, 4) is 0 Å². The zero-order valence-electron chi connectivity index (χ0n) is 10.5. The van der Waals surface area contributed by atoms with Crippen molar-refractivity contribution in [2.75, 3.05) is 24.5 Å². The smallest absolute Gasteiger partial charge is 0.180 e. The second kappa shape index (κ2) is 4.86. The van der Waals surface area contributed by atoms with Crippen molar-refractivity contribution in [3.63, 3.8) is 0 Å². The summed E-state index contributed by atoms with van der Waals surface area (Å²) >= 11 is 0. The van der Waals surface area contributed by atoms with E-state index in [9.17, 15) is 0 Å². The standard InChI is InChI=1S/C13H17N5/c1-2-10-9-14-7-8-18(10)12-4-3-11-13(17-12)16-6-5-15-11/h3-6,10,14H,2,7-9H2,1H3. The minimum atomic E-state index is 0.514. The van der Waals surface area contributed by atoms with E-state index in [0.717, 1.165) is 43.0 Å². The Morgan fingerprint density at radius 2 is 2.22 bits per heavy atom. The van der Waals surface area contributed by atoms with Crippen LogP contribution in [-0.4, -0.2) is 40.6 Å². The van der Waals surface area contributed by atoms with Gasteiger partial charge in [0.15, 0.2) is 5.65 Å². The fraction of sp³-hybridized carbons (Fsp3) is 0.462. The average Bonchev–Trinajstić information content (AvgIpc) is 2.46. The molecule has 18 heavy (non-hydrogen) atoms. The van der Waals surface area contributed by atoms with Crippen molar-refractivity contribution in [1.82, 2.24) is 20.3 Å². The summed E-state index contributed by atoms with van der Waals surface area (Å²) in [5.41, 5.74) is 1.58. The molecule has 0 saturated carbocycles. The first-order valence-electron chi connectivity index (χ1n) is 6.43. The normalized spacial score (nSPS) is 20.3. The third-order valence-corrected chi connectivity index (χ3v) is 3.43. The molecule has 1 aliphatic rings. The van der Waals surface area contributed by atoms with E-state index in [2.05, 4.69) is 32.1 Å². The maximum Gasteiger partial charge on any atom is 0.180 e. The van der Waals surface area contributed by atoms with Gasteiger partial charge in [-0.3, -0.25) is 4.98 Å². The molecule has 0 aromatic carbocycles. The van der Waals surface area contributed by atoms with E-state index in [4.69, 9.17) is 0 Å². The molecule has 1 saturated heterocycles. The van der Waals surface area contributed by atoms with Crippen molar-refractivity contribution in [2.24, 2.45) is 0 Å². The lowest BCUT2D eigenvalue weighted by Gasteiger charge is -2.36. The third-order valence-electron chi connectivity index (χ3n) is 3.43. The van der Waals surface area contributed by atoms with Crippen LogP contribution in [-0.2, 0) is 0 Å². The lowest BCUT2D eigenvalue weighted by atomic mass is 10.1. The van der Waals surface area contributed by atoms with Gasteiger partial charge < -0.3 is 10.2 Å². The van der Waals surface area contributed by atoms with Crippen molar-refractivity contribution in [3.05, 3.63) is 24.5 Å². The van der Waals surface area contributed by atoms with E-state index in [1.165, 1.54) is 0 Å². The van der Waals surface area contributed by atoms with Crippen LogP contribution in [0, 0.1) is 0 Å². The Bertz CT molecular complexity index is 542. The molecule has 94 valence electrons. The quantitative estimate of drug-likeness (QED) is 0.859. The molecule has 0 spiro atoms. The van der Waals surface area contributed by atoms with Gasteiger partial charge in [-0.1, -0.05) is 6.92 Å². The van der Waals surface area contributed by atoms with Gasteiger partial charge in [-0.25, -0.2) is 9.97 Å². The molecule has 0 radical (unpaired) electrons. The lowest BCUT2D eigenvalue weighted by Crippen LogP contribution is -2.51. The fourth-order valence-corrected chi connectivity index (χ4v) is 2.43. The van der Waals surface area contributed by atoms with E-state index in [0.29, 0.717) is 6.04 Å². The van der Waals surface area contributed by atoms with Crippen molar-refractivity contribution >= 4 is 17.0 Å². The monoisotopic (exact) mass is 243 g/mol. The van der Waals surface area contributed by atoms with E-state index in [1.807, 2.05) is 12.1 Å². The van der Waals surface area contributed by atoms with Crippen molar-refractivity contribution in [2.45, 2.75) is 19.4 Å². The van der Waals surface area contributed by atoms with Gasteiger partial charge in [-0.05, 0) is 18.6 Å². The maximum atomic E-state index is 4.62. The topological polar surface area (TPSA) is 53.9 Å². The molecular weight excluding hydrogens is 226 g/mol. The summed E-state index contributed by atoms with van der Waals surface area (Å²) < 4.78 is 0. The number of fused-ring (bicyclic) bond motifs is 1. The largest absolute Gasteiger partial charge is 0.351 e. The molecule has 2 aromatic heterocycles. The van der Waals surface area contributed by atoms with Crippen LogP contribution in [0.15, 0.2) is 24.5 Å². The highest BCUT2D eigenvalue weighted by molar-refractivity contribution is 5.71. The zero-order valence-corrected chi connectivity index (χ0v) is 10.5. The fourth-order valence-electron chi connectivity index (χ4n) is 2.43. The number of aromatic nitrogens is 3. The summed E-state index contributed by atoms with van der Waals surface area (Å²) in [6.07, 6.45) is 4.50. The molecular formula is C13H17N5. The number of pyridine rings is 1. The van der Waals surface area contributed by atoms with Gasteiger partial charge in [-0.15, -0.1) is 0 Å². The number of nitrogens with zero attached hydrogens (tertiary/aromatic N) is 4. The molecule has 1 unspecified atom stereocenters. The van der Waals surface area contributed by atoms with Crippen LogP contribution in [0.3, 0.4) is 0 Å². The molecule has 0 aliphatic carbocycles. The number of rotatable bonds is 2. The summed E-state index contributed by atoms with van der Waals surface area (Å²) in [6.45, 7) is 5.25. The Hall–Kier alpha value is -1.75. The Kier molecular flexibility index (Phi) is 3.06. The zero-order chi connectivity index (χ0) is 12.4. The molecule has 1 aliphatic heterocycles. The number of nitrogens with one attached hydrogen (secondary N) is 1. The second-order valence-corrected chi connectivity index (χ2v) is 4.53. The Morgan fingerprint density at radius 1 is 1.33 bits per heavy atom. The molecule has 1 fully saturated rings. The molecule has 5 nitrogen and oxygen atoms in total. The number of piperazine rings is 1. The van der Waals surface area contributed by atoms with Gasteiger partial charge in [0.25, 0.3) is 0 Å². The second-order valence-electron chi connectivity index (χ2n) is 4.53. The van der Waals surface area contributed by atoms with Crippen LogP contribution in [0.1, 0.15) is 13.3 Å². The van der Waals surface area contributed by atoms with Gasteiger partial charge in [-0.2, -0.15) is 0 Å². The van der Waals surface area contributed by atoms with Crippen LogP contribution < -0.4 is 10.2 Å². The molecule has 2 aromatic rings. The summed E-state index contributed by atoms with van der Waals surface area (Å²) in [5.74, 6) is 1.01. The molecule has 3 heterocycles. The average molecular weight is 243 g/mol. The Labute approximate surface area is 106 Å². The first-order valence-corrected chi connectivity index (χ1v) is 6.43. The van der Waals surface area contributed by atoms with E-state index in [-0.39, 0.29) is 0 Å². The summed E-state index contributed by atoms with van der Waals surface area (Å²) in [5, 5.41) is 3.43. The molecule has 0 amide bonds. The van der Waals surface area contributed by atoms with Gasteiger partial charge in [0, 0.05) is 38.1 Å². The van der Waals surface area contributed by atoms with Crippen LogP contribution in [0.5, 0.6) is 0 Å². The van der Waals surface area contributed by atoms with E-state index in [1.54, 1.807) is 12.4 Å². The first-order chi connectivity index (χ1) is 8.88. The van der Waals surface area contributed by atoms with Crippen LogP contribution in [0.25, 0.3) is 11.2 Å². The van der Waals surface area contributed by atoms with E-state index < -0.39 is 0 Å². The van der Waals surface area contributed by atoms with E-state index >= 15 is 0 Å². The van der Waals surface area contributed by atoms with Gasteiger partial charge in [0.1, 0.15) is 11.3 Å². The molecule has 1 atom stereocenters. The minimum absolute atomic E-state index is 0.514. The van der Waals surface area contributed by atoms with Gasteiger partial charge in [0.2, 0.25) is 0 Å². The number of hydrogen-bond acceptors (Lipinski definition) is 5. The molecule has 0 bridgehead atoms. The summed E-state index contributed by atoms with van der Waals surface area (Å²) in [7, 11) is 0. The molecule has 3 rings (SSSR count). The number of anilines is 1. The third kappa shape index (κ3) is 2.01. The Morgan fingerprint density at radius 3 is 3.11 bits per heavy atom. The molecule has 1 N–H and O–H groups in total. The van der Waals surface area contributed by atoms with Crippen molar-refractivity contribution < 1.29 is 0 Å². The van der Waals surface area contributed by atoms with Crippen molar-refractivity contribution in [1.29, 1.82) is 0 Å². The SMILES string of the molecule is CCC1CNCCN1c1ccc2nccnc2n1. The van der Waals surface area contributed by atoms with Crippen LogP contribution in [0.2, 0.25) is 0 Å². The van der Waals surface area contributed by atoms with Gasteiger partial charge >= 0.3 is 0 Å². The summed E-state index contributed by atoms with van der Waals surface area (Å²) in [6, 6.07) is 4.56. The predicted octanol–water partition coefficient (Wildman–Crippen LogP) is 1.21. The maximum absolute atomic E-state index is 4.62. The highest BCUT2D eigenvalue weighted by Gasteiger charge is 2.21. The first kappa shape index (κ1) is 11.3. The highest BCUT2D eigenvalue weighted by atomic mass is 15.3. The minimum Gasteiger partial charge on any atom is -0.351 e.